The molecule has 8 nitrogen and oxygen atoms in total. The number of anilines is 1. The minimum absolute atomic E-state index is 0.197. The molecule has 30 heavy (non-hydrogen) atoms. The van der Waals surface area contributed by atoms with Gasteiger partial charge in [0.05, 0.1) is 14.2 Å². The van der Waals surface area contributed by atoms with Crippen molar-refractivity contribution >= 4 is 23.5 Å². The number of benzene rings is 2. The molecular weight excluding hydrogens is 388 g/mol. The molecule has 0 bridgehead atoms. The van der Waals surface area contributed by atoms with E-state index in [9.17, 15) is 14.4 Å². The van der Waals surface area contributed by atoms with E-state index in [0.29, 0.717) is 23.4 Å². The second-order valence-corrected chi connectivity index (χ2v) is 7.24. The van der Waals surface area contributed by atoms with E-state index in [0.717, 1.165) is 5.56 Å². The largest absolute Gasteiger partial charge is 0.493 e. The number of carbonyl (C=O) groups is 3. The van der Waals surface area contributed by atoms with Crippen molar-refractivity contribution in [1.82, 2.24) is 4.90 Å². The lowest BCUT2D eigenvalue weighted by molar-refractivity contribution is -0.144. The minimum Gasteiger partial charge on any atom is -0.493 e. The van der Waals surface area contributed by atoms with Gasteiger partial charge in [0.1, 0.15) is 11.6 Å². The first-order valence-corrected chi connectivity index (χ1v) is 9.59. The summed E-state index contributed by atoms with van der Waals surface area (Å²) < 4.78 is 16.1. The van der Waals surface area contributed by atoms with Crippen LogP contribution in [0.25, 0.3) is 0 Å². The van der Waals surface area contributed by atoms with Gasteiger partial charge in [-0.2, -0.15) is 0 Å². The number of esters is 1. The predicted molar refractivity (Wildman–Crippen MR) is 107 cm³/mol. The number of cyclic esters (lactones) is 1. The molecule has 156 valence electrons. The van der Waals surface area contributed by atoms with Crippen molar-refractivity contribution in [2.24, 2.45) is 0 Å². The Morgan fingerprint density at radius 1 is 1.17 bits per heavy atom. The van der Waals surface area contributed by atoms with Crippen LogP contribution in [0.15, 0.2) is 36.4 Å². The van der Waals surface area contributed by atoms with Crippen molar-refractivity contribution in [3.8, 4) is 11.5 Å². The van der Waals surface area contributed by atoms with E-state index in [1.54, 1.807) is 18.2 Å². The Labute approximate surface area is 173 Å². The van der Waals surface area contributed by atoms with Gasteiger partial charge in [-0.05, 0) is 43.2 Å². The Hall–Kier alpha value is -3.55. The van der Waals surface area contributed by atoms with Gasteiger partial charge in [-0.15, -0.1) is 0 Å². The first kappa shape index (κ1) is 19.8. The van der Waals surface area contributed by atoms with Crippen LogP contribution in [0.2, 0.25) is 0 Å². The molecule has 2 aromatic rings. The van der Waals surface area contributed by atoms with E-state index >= 15 is 0 Å². The summed E-state index contributed by atoms with van der Waals surface area (Å²) in [7, 11) is 2.90. The van der Waals surface area contributed by atoms with Gasteiger partial charge in [0.2, 0.25) is 18.0 Å². The summed E-state index contributed by atoms with van der Waals surface area (Å²) in [5, 5.41) is 2.86. The van der Waals surface area contributed by atoms with E-state index < -0.39 is 18.2 Å². The maximum Gasteiger partial charge on any atom is 0.344 e. The highest BCUT2D eigenvalue weighted by atomic mass is 16.6. The molecule has 2 aromatic carbocycles. The standard InChI is InChI=1S/C22H22N2O6/c1-12-5-4-6-13(11-12)23-20(26)15-8-10-17(25)24(15)21-14-7-9-16(28-2)19(29-3)18(14)22(27)30-21/h4-7,9,11,15,21H,8,10H2,1-3H3,(H,23,26)/t15-,21?/m0/s1. The number of hydrogen-bond donors (Lipinski definition) is 1. The second-order valence-electron chi connectivity index (χ2n) is 7.24. The van der Waals surface area contributed by atoms with Crippen LogP contribution in [0.1, 0.15) is 40.6 Å². The SMILES string of the molecule is COc1ccc2c(c1OC)C(=O)OC2N1C(=O)CC[C@H]1C(=O)Nc1cccc(C)c1. The quantitative estimate of drug-likeness (QED) is 0.762. The summed E-state index contributed by atoms with van der Waals surface area (Å²) in [4.78, 5) is 39.6. The number of rotatable bonds is 5. The fraction of sp³-hybridized carbons (Fsp3) is 0.318. The first-order valence-electron chi connectivity index (χ1n) is 9.59. The maximum atomic E-state index is 13.0. The third-order valence-electron chi connectivity index (χ3n) is 5.36. The smallest absolute Gasteiger partial charge is 0.344 e. The Bertz CT molecular complexity index is 1030. The van der Waals surface area contributed by atoms with Crippen LogP contribution in [-0.4, -0.2) is 42.9 Å². The van der Waals surface area contributed by atoms with Crippen molar-refractivity contribution in [3.63, 3.8) is 0 Å². The van der Waals surface area contributed by atoms with Crippen molar-refractivity contribution < 1.29 is 28.6 Å². The molecular formula is C22H22N2O6. The molecule has 1 saturated heterocycles. The highest BCUT2D eigenvalue weighted by Gasteiger charge is 2.47. The third-order valence-corrected chi connectivity index (χ3v) is 5.36. The summed E-state index contributed by atoms with van der Waals surface area (Å²) in [6.45, 7) is 1.93. The molecule has 2 atom stereocenters. The second kappa shape index (κ2) is 7.70. The third kappa shape index (κ3) is 3.24. The average Bonchev–Trinajstić information content (AvgIpc) is 3.27. The Balaban J connectivity index is 1.65. The van der Waals surface area contributed by atoms with Crippen LogP contribution >= 0.6 is 0 Å². The Kier molecular flexibility index (Phi) is 5.07. The molecule has 0 radical (unpaired) electrons. The molecule has 1 N–H and O–H groups in total. The molecule has 2 aliphatic rings. The molecule has 0 aromatic heterocycles. The number of likely N-dealkylation sites (tertiary alicyclic amines) is 1. The van der Waals surface area contributed by atoms with E-state index in [2.05, 4.69) is 5.32 Å². The van der Waals surface area contributed by atoms with Gasteiger partial charge in [0, 0.05) is 17.7 Å². The molecule has 2 amide bonds. The summed E-state index contributed by atoms with van der Waals surface area (Å²) >= 11 is 0. The molecule has 2 heterocycles. The van der Waals surface area contributed by atoms with Crippen LogP contribution in [0, 0.1) is 6.92 Å². The molecule has 0 saturated carbocycles. The number of ether oxygens (including phenoxy) is 3. The molecule has 2 aliphatic heterocycles. The van der Waals surface area contributed by atoms with Gasteiger partial charge in [-0.3, -0.25) is 14.5 Å². The van der Waals surface area contributed by atoms with Gasteiger partial charge >= 0.3 is 5.97 Å². The number of nitrogens with one attached hydrogen (secondary N) is 1. The normalized spacial score (nSPS) is 20.0. The number of aryl methyl sites for hydroxylation is 1. The van der Waals surface area contributed by atoms with Crippen molar-refractivity contribution in [3.05, 3.63) is 53.1 Å². The number of hydrogen-bond acceptors (Lipinski definition) is 6. The molecule has 0 spiro atoms. The zero-order valence-electron chi connectivity index (χ0n) is 16.9. The van der Waals surface area contributed by atoms with Gasteiger partial charge in [-0.1, -0.05) is 12.1 Å². The highest BCUT2D eigenvalue weighted by molar-refractivity contribution is 6.01. The maximum absolute atomic E-state index is 13.0. The summed E-state index contributed by atoms with van der Waals surface area (Å²) in [5.41, 5.74) is 2.34. The molecule has 1 fully saturated rings. The fourth-order valence-electron chi connectivity index (χ4n) is 3.99. The van der Waals surface area contributed by atoms with Crippen LogP contribution < -0.4 is 14.8 Å². The zero-order chi connectivity index (χ0) is 21.4. The van der Waals surface area contributed by atoms with E-state index in [4.69, 9.17) is 14.2 Å². The van der Waals surface area contributed by atoms with Crippen molar-refractivity contribution in [2.45, 2.75) is 32.0 Å². The van der Waals surface area contributed by atoms with E-state index in [-0.39, 0.29) is 29.5 Å². The molecule has 1 unspecified atom stereocenters. The average molecular weight is 410 g/mol. The van der Waals surface area contributed by atoms with Gasteiger partial charge < -0.3 is 19.5 Å². The van der Waals surface area contributed by atoms with Gasteiger partial charge in [-0.25, -0.2) is 4.79 Å². The van der Waals surface area contributed by atoms with Crippen LogP contribution in [0.5, 0.6) is 11.5 Å². The van der Waals surface area contributed by atoms with Crippen molar-refractivity contribution in [2.75, 3.05) is 19.5 Å². The highest BCUT2D eigenvalue weighted by Crippen LogP contribution is 2.45. The Morgan fingerprint density at radius 3 is 2.67 bits per heavy atom. The number of carbonyl (C=O) groups excluding carboxylic acids is 3. The van der Waals surface area contributed by atoms with E-state index in [1.807, 2.05) is 25.1 Å². The molecule has 4 rings (SSSR count). The first-order chi connectivity index (χ1) is 14.4. The number of methoxy groups -OCH3 is 2. The summed E-state index contributed by atoms with van der Waals surface area (Å²) in [5.74, 6) is -0.565. The molecule has 8 heteroatoms. The minimum atomic E-state index is -0.990. The lowest BCUT2D eigenvalue weighted by Gasteiger charge is -2.29. The van der Waals surface area contributed by atoms with Gasteiger partial charge in [0.15, 0.2) is 11.5 Å². The topological polar surface area (TPSA) is 94.2 Å². The van der Waals surface area contributed by atoms with Gasteiger partial charge in [0.25, 0.3) is 0 Å². The van der Waals surface area contributed by atoms with Crippen LogP contribution in [0.3, 0.4) is 0 Å². The Morgan fingerprint density at radius 2 is 1.97 bits per heavy atom. The lowest BCUT2D eigenvalue weighted by atomic mass is 10.0. The van der Waals surface area contributed by atoms with Crippen LogP contribution in [-0.2, 0) is 14.3 Å². The summed E-state index contributed by atoms with van der Waals surface area (Å²) in [6, 6.07) is 9.96. The predicted octanol–water partition coefficient (Wildman–Crippen LogP) is 2.81. The zero-order valence-corrected chi connectivity index (χ0v) is 16.9. The monoisotopic (exact) mass is 410 g/mol. The molecule has 0 aliphatic carbocycles. The number of fused-ring (bicyclic) bond motifs is 1. The van der Waals surface area contributed by atoms with Crippen LogP contribution in [0.4, 0.5) is 5.69 Å². The number of nitrogens with zero attached hydrogens (tertiary/aromatic N) is 1. The van der Waals surface area contributed by atoms with E-state index in [1.165, 1.54) is 19.1 Å². The number of amides is 2. The lowest BCUT2D eigenvalue weighted by Crippen LogP contribution is -2.43. The summed E-state index contributed by atoms with van der Waals surface area (Å²) in [6.07, 6.45) is -0.453. The van der Waals surface area contributed by atoms with Crippen molar-refractivity contribution in [1.29, 1.82) is 0 Å². The fourth-order valence-corrected chi connectivity index (χ4v) is 3.99.